The molecule has 60 heavy (non-hydrogen) atoms. The lowest BCUT2D eigenvalue weighted by atomic mass is 10.0. The number of rotatable bonds is 29. The third kappa shape index (κ3) is 22.3. The number of nitrogens with zero attached hydrogens (tertiary/aromatic N) is 2. The van der Waals surface area contributed by atoms with E-state index in [1.165, 1.54) is 44.9 Å². The monoisotopic (exact) mass is 850 g/mol. The number of benzene rings is 2. The Bertz CT molecular complexity index is 1590. The molecule has 2 aromatic rings. The van der Waals surface area contributed by atoms with E-state index in [1.54, 1.807) is 6.08 Å². The van der Waals surface area contributed by atoms with Gasteiger partial charge in [-0.2, -0.15) is 0 Å². The first-order valence-corrected chi connectivity index (χ1v) is 25.2. The SMILES string of the molecule is CCCCCCCCCCC/C=C(\C(=O)CCCO[Si](C)(C)C(C)(C)C)C(=O)OCCCCCCCN(C(=O)OCc1ccccc1)/C(N)=N/C(=O)OCc1ccccc1. The zero-order valence-corrected chi connectivity index (χ0v) is 38.6. The summed E-state index contributed by atoms with van der Waals surface area (Å²) < 4.78 is 22.6. The van der Waals surface area contributed by atoms with Gasteiger partial charge in [0.05, 0.1) is 12.2 Å². The molecule has 0 radical (unpaired) electrons. The molecule has 0 aliphatic rings. The van der Waals surface area contributed by atoms with Crippen LogP contribution in [-0.2, 0) is 41.4 Å². The number of allylic oxidation sites excluding steroid dienone is 1. The number of hydrogen-bond acceptors (Lipinski definition) is 8. The molecule has 0 unspecified atom stereocenters. The summed E-state index contributed by atoms with van der Waals surface area (Å²) in [6.45, 7) is 14.1. The van der Waals surface area contributed by atoms with Gasteiger partial charge in [-0.25, -0.2) is 19.3 Å². The van der Waals surface area contributed by atoms with Crippen LogP contribution < -0.4 is 5.73 Å². The number of nitrogens with two attached hydrogens (primary N) is 1. The minimum atomic E-state index is -1.93. The van der Waals surface area contributed by atoms with E-state index < -0.39 is 26.5 Å². The smallest absolute Gasteiger partial charge is 0.437 e. The predicted octanol–water partition coefficient (Wildman–Crippen LogP) is 12.0. The van der Waals surface area contributed by atoms with Crippen LogP contribution in [0.5, 0.6) is 0 Å². The second-order valence-corrected chi connectivity index (χ2v) is 21.8. The van der Waals surface area contributed by atoms with Gasteiger partial charge in [0.1, 0.15) is 13.2 Å². The van der Waals surface area contributed by atoms with Gasteiger partial charge in [-0.3, -0.25) is 4.79 Å². The third-order valence-corrected chi connectivity index (χ3v) is 15.4. The highest BCUT2D eigenvalue weighted by molar-refractivity contribution is 6.74. The minimum absolute atomic E-state index is 0.0184. The number of amides is 2. The maximum atomic E-state index is 13.3. The van der Waals surface area contributed by atoms with Crippen molar-refractivity contribution in [1.29, 1.82) is 0 Å². The van der Waals surface area contributed by atoms with Crippen molar-refractivity contribution in [1.82, 2.24) is 4.90 Å². The Hall–Kier alpha value is -4.29. The predicted molar refractivity (Wildman–Crippen MR) is 243 cm³/mol. The molecule has 0 heterocycles. The summed E-state index contributed by atoms with van der Waals surface area (Å²) in [4.78, 5) is 57.1. The average molecular weight is 850 g/mol. The van der Waals surface area contributed by atoms with Gasteiger partial charge in [-0.1, -0.05) is 165 Å². The molecule has 0 atom stereocenters. The van der Waals surface area contributed by atoms with Gasteiger partial charge in [-0.15, -0.1) is 4.99 Å². The van der Waals surface area contributed by atoms with E-state index in [4.69, 9.17) is 24.4 Å². The molecule has 0 aliphatic carbocycles. The summed E-state index contributed by atoms with van der Waals surface area (Å²) >= 11 is 0. The fourth-order valence-corrected chi connectivity index (χ4v) is 7.16. The summed E-state index contributed by atoms with van der Waals surface area (Å²) in [7, 11) is -1.93. The molecule has 0 saturated heterocycles. The number of ether oxygens (including phenoxy) is 3. The molecular weight excluding hydrogens is 775 g/mol. The maximum Gasteiger partial charge on any atom is 0.437 e. The number of esters is 1. The molecule has 0 fully saturated rings. The zero-order valence-electron chi connectivity index (χ0n) is 37.6. The first-order chi connectivity index (χ1) is 28.7. The van der Waals surface area contributed by atoms with Gasteiger partial charge in [0.25, 0.3) is 0 Å². The van der Waals surface area contributed by atoms with Crippen molar-refractivity contribution in [3.8, 4) is 0 Å². The van der Waals surface area contributed by atoms with Crippen LogP contribution in [0.25, 0.3) is 0 Å². The van der Waals surface area contributed by atoms with Gasteiger partial charge < -0.3 is 24.4 Å². The van der Waals surface area contributed by atoms with E-state index in [2.05, 4.69) is 45.8 Å². The van der Waals surface area contributed by atoms with Crippen LogP contribution in [0.15, 0.2) is 77.3 Å². The Balaban J connectivity index is 1.87. The summed E-state index contributed by atoms with van der Waals surface area (Å²) in [6.07, 6.45) is 16.0. The lowest BCUT2D eigenvalue weighted by molar-refractivity contribution is -0.140. The number of guanidine groups is 1. The molecule has 0 bridgehead atoms. The minimum Gasteiger partial charge on any atom is -0.462 e. The van der Waals surface area contributed by atoms with Crippen molar-refractivity contribution in [2.75, 3.05) is 19.8 Å². The van der Waals surface area contributed by atoms with E-state index in [9.17, 15) is 19.2 Å². The molecule has 2 amide bonds. The highest BCUT2D eigenvalue weighted by atomic mass is 28.4. The Morgan fingerprint density at radius 3 is 1.80 bits per heavy atom. The quantitative estimate of drug-likeness (QED) is 0.00972. The third-order valence-electron chi connectivity index (χ3n) is 10.9. The number of ketones is 1. The molecule has 2 rings (SSSR count). The first kappa shape index (κ1) is 51.8. The Kier molecular flexibility index (Phi) is 25.8. The maximum absolute atomic E-state index is 13.3. The Labute approximate surface area is 362 Å². The molecule has 0 aliphatic heterocycles. The van der Waals surface area contributed by atoms with E-state index >= 15 is 0 Å². The molecule has 2 N–H and O–H groups in total. The molecule has 0 saturated carbocycles. The molecular formula is C48H75N3O8Si. The molecule has 12 heteroatoms. The largest absolute Gasteiger partial charge is 0.462 e. The van der Waals surface area contributed by atoms with Gasteiger partial charge in [0.15, 0.2) is 14.1 Å². The van der Waals surface area contributed by atoms with Crippen molar-refractivity contribution < 1.29 is 37.8 Å². The van der Waals surface area contributed by atoms with Crippen LogP contribution in [0.3, 0.4) is 0 Å². The number of carbonyl (C=O) groups is 4. The van der Waals surface area contributed by atoms with Gasteiger partial charge in [0, 0.05) is 19.6 Å². The van der Waals surface area contributed by atoms with Crippen molar-refractivity contribution in [3.05, 3.63) is 83.4 Å². The van der Waals surface area contributed by atoms with Crippen LogP contribution in [0.2, 0.25) is 18.1 Å². The lowest BCUT2D eigenvalue weighted by Crippen LogP contribution is -2.43. The van der Waals surface area contributed by atoms with Crippen molar-refractivity contribution in [3.63, 3.8) is 0 Å². The topological polar surface area (TPSA) is 147 Å². The number of carbonyl (C=O) groups excluding carboxylic acids is 4. The zero-order chi connectivity index (χ0) is 44.1. The first-order valence-electron chi connectivity index (χ1n) is 22.3. The van der Waals surface area contributed by atoms with Crippen LogP contribution in [0.1, 0.15) is 148 Å². The highest BCUT2D eigenvalue weighted by Crippen LogP contribution is 2.36. The number of Topliss-reactive ketones (excluding diaryl/α,β-unsaturated/α-hetero) is 1. The Morgan fingerprint density at radius 2 is 1.22 bits per heavy atom. The number of unbranched alkanes of at least 4 members (excludes halogenated alkanes) is 13. The molecule has 0 spiro atoms. The second-order valence-electron chi connectivity index (χ2n) is 17.0. The molecule has 2 aromatic carbocycles. The van der Waals surface area contributed by atoms with Crippen molar-refractivity contribution >= 4 is 38.2 Å². The summed E-state index contributed by atoms with van der Waals surface area (Å²) in [5.74, 6) is -1.05. The summed E-state index contributed by atoms with van der Waals surface area (Å²) in [5.41, 5.74) is 7.90. The van der Waals surface area contributed by atoms with Crippen LogP contribution >= 0.6 is 0 Å². The van der Waals surface area contributed by atoms with Gasteiger partial charge in [0.2, 0.25) is 5.96 Å². The number of hydrogen-bond donors (Lipinski definition) is 1. The fraction of sp³-hybridized carbons (Fsp3) is 0.604. The van der Waals surface area contributed by atoms with Crippen LogP contribution in [-0.4, -0.2) is 62.9 Å². The Morgan fingerprint density at radius 1 is 0.683 bits per heavy atom. The van der Waals surface area contributed by atoms with Crippen LogP contribution in [0.4, 0.5) is 9.59 Å². The average Bonchev–Trinajstić information content (AvgIpc) is 3.22. The second kappa shape index (κ2) is 29.9. The summed E-state index contributed by atoms with van der Waals surface area (Å²) in [5, 5.41) is 0.0848. The van der Waals surface area contributed by atoms with Gasteiger partial charge >= 0.3 is 18.2 Å². The van der Waals surface area contributed by atoms with Gasteiger partial charge in [-0.05, 0) is 61.4 Å². The molecule has 11 nitrogen and oxygen atoms in total. The fourth-order valence-electron chi connectivity index (χ4n) is 6.07. The normalized spacial score (nSPS) is 12.2. The lowest BCUT2D eigenvalue weighted by Gasteiger charge is -2.36. The molecule has 334 valence electrons. The van der Waals surface area contributed by atoms with E-state index in [0.717, 1.165) is 48.1 Å². The molecule has 0 aromatic heterocycles. The van der Waals surface area contributed by atoms with E-state index in [-0.39, 0.29) is 55.1 Å². The van der Waals surface area contributed by atoms with Crippen LogP contribution in [0, 0.1) is 0 Å². The van der Waals surface area contributed by atoms with Crippen molar-refractivity contribution in [2.24, 2.45) is 10.7 Å². The highest BCUT2D eigenvalue weighted by Gasteiger charge is 2.37. The number of aliphatic imine (C=N–C) groups is 1. The van der Waals surface area contributed by atoms with Crippen molar-refractivity contribution in [2.45, 2.75) is 168 Å². The van der Waals surface area contributed by atoms with E-state index in [0.29, 0.717) is 32.3 Å². The summed E-state index contributed by atoms with van der Waals surface area (Å²) in [6, 6.07) is 18.4. The standard InChI is InChI=1S/C48H75N3O8Si/c1-7-8-9-10-11-12-13-14-16-25-33-42(43(52)34-28-37-59-60(5,6)48(2,3)4)44(53)56-36-27-18-15-17-26-35-51(47(55)58-39-41-31-23-20-24-32-41)45(49)50-46(54)57-38-40-29-21-19-22-30-40/h19-24,29-33H,7-18,25-28,34-39H2,1-6H3,(H2,49,50,54)/b42-33+. The van der Waals surface area contributed by atoms with E-state index in [1.807, 2.05) is 60.7 Å².